The Morgan fingerprint density at radius 3 is 2.06 bits per heavy atom. The molecule has 0 radical (unpaired) electrons. The van der Waals surface area contributed by atoms with Gasteiger partial charge >= 0.3 is 7.12 Å². The van der Waals surface area contributed by atoms with Gasteiger partial charge in [0.25, 0.3) is 0 Å². The van der Waals surface area contributed by atoms with Gasteiger partial charge in [-0.3, -0.25) is 0 Å². The van der Waals surface area contributed by atoms with Crippen LogP contribution in [0.5, 0.6) is 0 Å². The summed E-state index contributed by atoms with van der Waals surface area (Å²) in [5.41, 5.74) is 7.26. The van der Waals surface area contributed by atoms with Gasteiger partial charge in [0.15, 0.2) is 0 Å². The lowest BCUT2D eigenvalue weighted by Crippen LogP contribution is -2.41. The number of fused-ring (bicyclic) bond motifs is 7. The van der Waals surface area contributed by atoms with Crippen molar-refractivity contribution in [3.63, 3.8) is 0 Å². The third-order valence-corrected chi connectivity index (χ3v) is 7.65. The van der Waals surface area contributed by atoms with E-state index in [0.29, 0.717) is 0 Å². The van der Waals surface area contributed by atoms with E-state index in [4.69, 9.17) is 13.7 Å². The Morgan fingerprint density at radius 1 is 0.625 bits per heavy atom. The molecule has 3 nitrogen and oxygen atoms in total. The highest BCUT2D eigenvalue weighted by Gasteiger charge is 2.51. The largest absolute Gasteiger partial charge is 0.494 e. The van der Waals surface area contributed by atoms with Crippen LogP contribution >= 0.6 is 0 Å². The second-order valence-corrected chi connectivity index (χ2v) is 10.0. The zero-order chi connectivity index (χ0) is 21.8. The zero-order valence-corrected chi connectivity index (χ0v) is 18.7. The van der Waals surface area contributed by atoms with E-state index < -0.39 is 7.12 Å². The number of benzene rings is 4. The zero-order valence-electron chi connectivity index (χ0n) is 18.7. The molecule has 0 atom stereocenters. The molecule has 0 amide bonds. The highest BCUT2D eigenvalue weighted by molar-refractivity contribution is 6.62. The lowest BCUT2D eigenvalue weighted by molar-refractivity contribution is 0.00578. The van der Waals surface area contributed by atoms with Crippen LogP contribution in [0.1, 0.15) is 27.7 Å². The van der Waals surface area contributed by atoms with Crippen molar-refractivity contribution in [2.45, 2.75) is 38.9 Å². The Balaban J connectivity index is 1.49. The van der Waals surface area contributed by atoms with Crippen LogP contribution in [0.25, 0.3) is 55.0 Å². The summed E-state index contributed by atoms with van der Waals surface area (Å²) in [7, 11) is -0.391. The fourth-order valence-corrected chi connectivity index (χ4v) is 5.24. The quantitative estimate of drug-likeness (QED) is 0.279. The van der Waals surface area contributed by atoms with Gasteiger partial charge in [0, 0.05) is 21.5 Å². The van der Waals surface area contributed by atoms with Crippen LogP contribution in [-0.2, 0) is 9.31 Å². The second-order valence-electron chi connectivity index (χ2n) is 10.0. The highest BCUT2D eigenvalue weighted by Crippen LogP contribution is 2.50. The first-order valence-electron chi connectivity index (χ1n) is 11.2. The Kier molecular flexibility index (Phi) is 3.37. The summed E-state index contributed by atoms with van der Waals surface area (Å²) in [6.45, 7) is 8.34. The topological polar surface area (TPSA) is 31.6 Å². The SMILES string of the molecule is CC1(C)OB(c2ccc3oc4c5cccc6c5c(cc4c3c2)-c2ccccc2-6)OC1(C)C. The summed E-state index contributed by atoms with van der Waals surface area (Å²) in [5, 5.41) is 4.68. The molecular formula is C28H23BO3. The Hall–Kier alpha value is -3.08. The molecule has 2 aliphatic rings. The summed E-state index contributed by atoms with van der Waals surface area (Å²) in [5.74, 6) is 0. The summed E-state index contributed by atoms with van der Waals surface area (Å²) in [4.78, 5) is 0. The minimum atomic E-state index is -0.391. The second kappa shape index (κ2) is 5.83. The van der Waals surface area contributed by atoms with Crippen molar-refractivity contribution in [2.75, 3.05) is 0 Å². The molecule has 5 aromatic rings. The first kappa shape index (κ1) is 18.5. The first-order valence-corrected chi connectivity index (χ1v) is 11.2. The molecule has 0 bridgehead atoms. The molecule has 7 rings (SSSR count). The molecule has 1 aliphatic carbocycles. The number of furan rings is 1. The molecule has 0 saturated carbocycles. The van der Waals surface area contributed by atoms with Gasteiger partial charge < -0.3 is 13.7 Å². The Morgan fingerprint density at radius 2 is 1.31 bits per heavy atom. The molecule has 2 heterocycles. The van der Waals surface area contributed by atoms with E-state index in [1.54, 1.807) is 0 Å². The van der Waals surface area contributed by atoms with Gasteiger partial charge in [-0.15, -0.1) is 0 Å². The van der Waals surface area contributed by atoms with E-state index >= 15 is 0 Å². The monoisotopic (exact) mass is 418 g/mol. The van der Waals surface area contributed by atoms with Crippen molar-refractivity contribution in [3.8, 4) is 22.3 Å². The maximum atomic E-state index is 6.42. The molecule has 4 aromatic carbocycles. The number of hydrogen-bond donors (Lipinski definition) is 0. The standard InChI is InChI=1S/C28H23BO3/c1-27(2)28(3,4)32-29(31-27)16-12-13-24-21(14-16)23-15-22-18-9-6-5-8-17(18)19-10-7-11-20(25(19)22)26(23)30-24/h5-15H,1-4H3. The smallest absolute Gasteiger partial charge is 0.455 e. The first-order chi connectivity index (χ1) is 15.3. The van der Waals surface area contributed by atoms with Crippen LogP contribution in [0.3, 0.4) is 0 Å². The van der Waals surface area contributed by atoms with Crippen molar-refractivity contribution >= 4 is 45.3 Å². The predicted molar refractivity (Wildman–Crippen MR) is 131 cm³/mol. The van der Waals surface area contributed by atoms with E-state index in [-0.39, 0.29) is 11.2 Å². The summed E-state index contributed by atoms with van der Waals surface area (Å²) in [6, 6.07) is 23.7. The maximum absolute atomic E-state index is 6.42. The Bertz CT molecular complexity index is 1580. The maximum Gasteiger partial charge on any atom is 0.494 e. The average molecular weight is 418 g/mol. The minimum Gasteiger partial charge on any atom is -0.455 e. The normalized spacial score (nSPS) is 18.2. The molecule has 1 fully saturated rings. The average Bonchev–Trinajstić information content (AvgIpc) is 3.37. The van der Waals surface area contributed by atoms with Gasteiger partial charge in [-0.25, -0.2) is 0 Å². The summed E-state index contributed by atoms with van der Waals surface area (Å²) >= 11 is 0. The van der Waals surface area contributed by atoms with Crippen LogP contribution < -0.4 is 5.46 Å². The highest BCUT2D eigenvalue weighted by atomic mass is 16.7. The predicted octanol–water partition coefficient (Wildman–Crippen LogP) is 6.69. The van der Waals surface area contributed by atoms with Gasteiger partial charge in [-0.1, -0.05) is 54.6 Å². The molecule has 156 valence electrons. The molecule has 1 aromatic heterocycles. The van der Waals surface area contributed by atoms with Crippen LogP contribution in [-0.4, -0.2) is 18.3 Å². The van der Waals surface area contributed by atoms with Crippen molar-refractivity contribution in [1.82, 2.24) is 0 Å². The van der Waals surface area contributed by atoms with Crippen molar-refractivity contribution in [2.24, 2.45) is 0 Å². The van der Waals surface area contributed by atoms with E-state index in [0.717, 1.165) is 27.4 Å². The van der Waals surface area contributed by atoms with Crippen molar-refractivity contribution in [1.29, 1.82) is 0 Å². The van der Waals surface area contributed by atoms with E-state index in [2.05, 4.69) is 88.4 Å². The molecule has 4 heteroatoms. The molecule has 0 N–H and O–H groups in total. The molecular weight excluding hydrogens is 395 g/mol. The van der Waals surface area contributed by atoms with Crippen molar-refractivity contribution in [3.05, 3.63) is 66.7 Å². The molecule has 1 saturated heterocycles. The number of rotatable bonds is 1. The van der Waals surface area contributed by atoms with Crippen LogP contribution in [0.4, 0.5) is 0 Å². The summed E-state index contributed by atoms with van der Waals surface area (Å²) < 4.78 is 19.0. The van der Waals surface area contributed by atoms with E-state index in [1.807, 2.05) is 6.07 Å². The van der Waals surface area contributed by atoms with Crippen LogP contribution in [0, 0.1) is 0 Å². The van der Waals surface area contributed by atoms with Crippen molar-refractivity contribution < 1.29 is 13.7 Å². The van der Waals surface area contributed by atoms with Gasteiger partial charge in [-0.2, -0.15) is 0 Å². The van der Waals surface area contributed by atoms with Gasteiger partial charge in [-0.05, 0) is 67.5 Å². The van der Waals surface area contributed by atoms with E-state index in [9.17, 15) is 0 Å². The lowest BCUT2D eigenvalue weighted by atomic mass is 9.78. The summed E-state index contributed by atoms with van der Waals surface area (Å²) in [6.07, 6.45) is 0. The van der Waals surface area contributed by atoms with Gasteiger partial charge in [0.1, 0.15) is 11.2 Å². The van der Waals surface area contributed by atoms with Crippen LogP contribution in [0.15, 0.2) is 71.1 Å². The molecule has 0 spiro atoms. The third-order valence-electron chi connectivity index (χ3n) is 7.65. The molecule has 0 unspecified atom stereocenters. The molecule has 32 heavy (non-hydrogen) atoms. The molecule has 1 aliphatic heterocycles. The fourth-order valence-electron chi connectivity index (χ4n) is 5.24. The fraction of sp³-hybridized carbons (Fsp3) is 0.214. The third kappa shape index (κ3) is 2.24. The van der Waals surface area contributed by atoms with Crippen LogP contribution in [0.2, 0.25) is 0 Å². The lowest BCUT2D eigenvalue weighted by Gasteiger charge is -2.32. The van der Waals surface area contributed by atoms with Gasteiger partial charge in [0.05, 0.1) is 11.2 Å². The minimum absolute atomic E-state index is 0.368. The van der Waals surface area contributed by atoms with E-state index in [1.165, 1.54) is 33.0 Å². The van der Waals surface area contributed by atoms with Gasteiger partial charge in [0.2, 0.25) is 0 Å². The Labute approximate surface area is 187 Å². The number of hydrogen-bond acceptors (Lipinski definition) is 3.